The third-order valence-electron chi connectivity index (χ3n) is 3.11. The van der Waals surface area contributed by atoms with E-state index in [1.807, 2.05) is 20.8 Å². The van der Waals surface area contributed by atoms with Crippen molar-refractivity contribution in [2.45, 2.75) is 33.3 Å². The molecule has 0 unspecified atom stereocenters. The second kappa shape index (κ2) is 7.59. The van der Waals surface area contributed by atoms with Crippen LogP contribution < -0.4 is 5.32 Å². The molecule has 1 saturated heterocycles. The zero-order chi connectivity index (χ0) is 15.2. The number of hydrogen-bond acceptors (Lipinski definition) is 5. The van der Waals surface area contributed by atoms with Crippen molar-refractivity contribution < 1.29 is 19.1 Å². The lowest BCUT2D eigenvalue weighted by Crippen LogP contribution is -2.59. The van der Waals surface area contributed by atoms with Crippen molar-refractivity contribution in [2.75, 3.05) is 39.4 Å². The maximum absolute atomic E-state index is 12.2. The highest BCUT2D eigenvalue weighted by molar-refractivity contribution is 5.82. The first-order valence-corrected chi connectivity index (χ1v) is 7.14. The van der Waals surface area contributed by atoms with Crippen molar-refractivity contribution >= 4 is 11.9 Å². The van der Waals surface area contributed by atoms with Gasteiger partial charge in [-0.05, 0) is 19.8 Å². The van der Waals surface area contributed by atoms with Gasteiger partial charge in [0.15, 0.2) is 0 Å². The summed E-state index contributed by atoms with van der Waals surface area (Å²) in [6.45, 7) is 10.1. The van der Waals surface area contributed by atoms with E-state index in [9.17, 15) is 9.59 Å². The van der Waals surface area contributed by atoms with E-state index in [0.717, 1.165) is 13.1 Å². The number of nitrogens with zero attached hydrogens (tertiary/aromatic N) is 1. The van der Waals surface area contributed by atoms with Gasteiger partial charge in [0.1, 0.15) is 13.2 Å². The Hall–Kier alpha value is -1.14. The van der Waals surface area contributed by atoms with Gasteiger partial charge in [0.05, 0.1) is 12.2 Å². The molecule has 1 rings (SSSR count). The average molecular weight is 286 g/mol. The van der Waals surface area contributed by atoms with Crippen LogP contribution in [0.15, 0.2) is 0 Å². The normalized spacial score (nSPS) is 16.6. The molecule has 0 spiro atoms. The number of ether oxygens (including phenoxy) is 2. The van der Waals surface area contributed by atoms with Crippen LogP contribution in [0.1, 0.15) is 27.7 Å². The first-order valence-electron chi connectivity index (χ1n) is 7.14. The zero-order valence-corrected chi connectivity index (χ0v) is 12.9. The van der Waals surface area contributed by atoms with Gasteiger partial charge in [-0.3, -0.25) is 9.59 Å². The van der Waals surface area contributed by atoms with Crippen molar-refractivity contribution in [2.24, 2.45) is 5.92 Å². The summed E-state index contributed by atoms with van der Waals surface area (Å²) in [7, 11) is 0. The van der Waals surface area contributed by atoms with Crippen LogP contribution in [0.2, 0.25) is 0 Å². The van der Waals surface area contributed by atoms with Gasteiger partial charge in [0.25, 0.3) is 0 Å². The van der Waals surface area contributed by atoms with E-state index in [2.05, 4.69) is 5.32 Å². The molecule has 0 saturated carbocycles. The lowest BCUT2D eigenvalue weighted by atomic mass is 10.0. The Kier molecular flexibility index (Phi) is 6.42. The van der Waals surface area contributed by atoms with Gasteiger partial charge in [-0.15, -0.1) is 0 Å². The highest BCUT2D eigenvalue weighted by Crippen LogP contribution is 2.15. The fraction of sp³-hybridized carbons (Fsp3) is 0.857. The molecule has 0 aromatic carbocycles. The summed E-state index contributed by atoms with van der Waals surface area (Å²) in [5.41, 5.74) is -0.261. The van der Waals surface area contributed by atoms with E-state index in [-0.39, 0.29) is 36.5 Å². The summed E-state index contributed by atoms with van der Waals surface area (Å²) in [5.74, 6) is -0.257. The molecular formula is C14H26N2O4. The molecule has 6 heteroatoms. The predicted octanol–water partition coefficient (Wildman–Crippen LogP) is 0.413. The molecule has 1 aliphatic rings. The van der Waals surface area contributed by atoms with E-state index in [0.29, 0.717) is 13.2 Å². The fourth-order valence-corrected chi connectivity index (χ4v) is 1.96. The van der Waals surface area contributed by atoms with E-state index < -0.39 is 0 Å². The lowest BCUT2D eigenvalue weighted by Gasteiger charge is -2.39. The van der Waals surface area contributed by atoms with Crippen LogP contribution in [0.25, 0.3) is 0 Å². The first kappa shape index (κ1) is 16.9. The Balaban J connectivity index is 2.47. The number of amides is 1. The molecule has 116 valence electrons. The van der Waals surface area contributed by atoms with Gasteiger partial charge in [0.2, 0.25) is 5.91 Å². The van der Waals surface area contributed by atoms with Crippen molar-refractivity contribution in [3.05, 3.63) is 0 Å². The highest BCUT2D eigenvalue weighted by Gasteiger charge is 2.33. The van der Waals surface area contributed by atoms with E-state index in [4.69, 9.17) is 9.47 Å². The molecule has 1 aliphatic heterocycles. The molecule has 6 nitrogen and oxygen atoms in total. The summed E-state index contributed by atoms with van der Waals surface area (Å²) in [6, 6.07) is 0. The summed E-state index contributed by atoms with van der Waals surface area (Å²) >= 11 is 0. The Morgan fingerprint density at radius 1 is 1.35 bits per heavy atom. The number of carbonyl (C=O) groups is 2. The smallest absolute Gasteiger partial charge is 0.325 e. The van der Waals surface area contributed by atoms with E-state index >= 15 is 0 Å². The van der Waals surface area contributed by atoms with Crippen LogP contribution in [0.3, 0.4) is 0 Å². The molecule has 0 aromatic heterocycles. The van der Waals surface area contributed by atoms with Gasteiger partial charge in [-0.1, -0.05) is 13.8 Å². The number of esters is 1. The minimum atomic E-state index is -0.377. The van der Waals surface area contributed by atoms with Crippen LogP contribution in [-0.2, 0) is 19.1 Å². The Bertz CT molecular complexity index is 340. The molecule has 1 fully saturated rings. The van der Waals surface area contributed by atoms with Crippen molar-refractivity contribution in [1.29, 1.82) is 0 Å². The minimum absolute atomic E-state index is 0.00427. The maximum Gasteiger partial charge on any atom is 0.325 e. The second-order valence-electron chi connectivity index (χ2n) is 5.82. The molecule has 1 N–H and O–H groups in total. The molecule has 0 atom stereocenters. The summed E-state index contributed by atoms with van der Waals surface area (Å²) in [4.78, 5) is 25.2. The van der Waals surface area contributed by atoms with Crippen LogP contribution in [0.4, 0.5) is 0 Å². The molecular weight excluding hydrogens is 260 g/mol. The molecule has 0 aliphatic carbocycles. The van der Waals surface area contributed by atoms with Crippen LogP contribution in [0.5, 0.6) is 0 Å². The van der Waals surface area contributed by atoms with Crippen LogP contribution >= 0.6 is 0 Å². The number of hydrogen-bond donors (Lipinski definition) is 1. The molecule has 1 heterocycles. The van der Waals surface area contributed by atoms with Crippen LogP contribution in [-0.4, -0.2) is 61.8 Å². The maximum atomic E-state index is 12.2. The van der Waals surface area contributed by atoms with Gasteiger partial charge in [-0.2, -0.15) is 0 Å². The first-order chi connectivity index (χ1) is 9.36. The van der Waals surface area contributed by atoms with Crippen molar-refractivity contribution in [1.82, 2.24) is 10.2 Å². The Morgan fingerprint density at radius 3 is 2.45 bits per heavy atom. The Labute approximate surface area is 120 Å². The third-order valence-corrected chi connectivity index (χ3v) is 3.11. The number of nitrogens with one attached hydrogen (secondary N) is 1. The van der Waals surface area contributed by atoms with Gasteiger partial charge in [-0.25, -0.2) is 0 Å². The standard InChI is InChI=1S/C14H26N2O4/c1-5-19-13(18)7-16(6-11(2)3)12(17)8-20-14(4)9-15-10-14/h11,15H,5-10H2,1-4H3. The molecule has 0 bridgehead atoms. The third kappa shape index (κ3) is 5.46. The SMILES string of the molecule is CCOC(=O)CN(CC(C)C)C(=O)COC1(C)CNC1. The highest BCUT2D eigenvalue weighted by atomic mass is 16.5. The summed E-state index contributed by atoms with van der Waals surface area (Å²) in [6.07, 6.45) is 0. The number of rotatable bonds is 8. The average Bonchev–Trinajstić information content (AvgIpc) is 2.32. The number of carbonyl (C=O) groups excluding carboxylic acids is 2. The van der Waals surface area contributed by atoms with Gasteiger partial charge in [0, 0.05) is 19.6 Å². The molecule has 0 aromatic rings. The zero-order valence-electron chi connectivity index (χ0n) is 12.9. The summed E-state index contributed by atoms with van der Waals surface area (Å²) in [5, 5.41) is 3.11. The van der Waals surface area contributed by atoms with E-state index in [1.165, 1.54) is 4.90 Å². The minimum Gasteiger partial charge on any atom is -0.465 e. The van der Waals surface area contributed by atoms with Crippen LogP contribution in [0, 0.1) is 5.92 Å². The van der Waals surface area contributed by atoms with Gasteiger partial charge < -0.3 is 19.7 Å². The van der Waals surface area contributed by atoms with E-state index in [1.54, 1.807) is 6.92 Å². The lowest BCUT2D eigenvalue weighted by molar-refractivity contribution is -0.154. The largest absolute Gasteiger partial charge is 0.465 e. The second-order valence-corrected chi connectivity index (χ2v) is 5.82. The molecule has 0 radical (unpaired) electrons. The van der Waals surface area contributed by atoms with Crippen molar-refractivity contribution in [3.8, 4) is 0 Å². The predicted molar refractivity (Wildman–Crippen MR) is 75.3 cm³/mol. The monoisotopic (exact) mass is 286 g/mol. The quantitative estimate of drug-likeness (QED) is 0.655. The fourth-order valence-electron chi connectivity index (χ4n) is 1.96. The summed E-state index contributed by atoms with van der Waals surface area (Å²) < 4.78 is 10.5. The topological polar surface area (TPSA) is 67.9 Å². The van der Waals surface area contributed by atoms with Gasteiger partial charge >= 0.3 is 5.97 Å². The molecule has 1 amide bonds. The van der Waals surface area contributed by atoms with Crippen molar-refractivity contribution in [3.63, 3.8) is 0 Å². The Morgan fingerprint density at radius 2 is 2.00 bits per heavy atom. The molecule has 20 heavy (non-hydrogen) atoms.